The van der Waals surface area contributed by atoms with E-state index in [1.54, 1.807) is 44.2 Å². The highest BCUT2D eigenvalue weighted by Gasteiger charge is 2.54. The van der Waals surface area contributed by atoms with Crippen molar-refractivity contribution in [3.8, 4) is 0 Å². The largest absolute Gasteiger partial charge is 0.389 e. The van der Waals surface area contributed by atoms with Crippen LogP contribution in [0, 0.1) is 0 Å². The summed E-state index contributed by atoms with van der Waals surface area (Å²) in [7, 11) is -3.52. The summed E-state index contributed by atoms with van der Waals surface area (Å²) < 4.78 is 24.4. The first-order valence-electron chi connectivity index (χ1n) is 6.33. The maximum atomic E-state index is 12.8. The molecule has 4 heteroatoms. The zero-order valence-electron chi connectivity index (χ0n) is 10.9. The van der Waals surface area contributed by atoms with Gasteiger partial charge in [0.15, 0.2) is 9.84 Å². The molecule has 0 aliphatic heterocycles. The van der Waals surface area contributed by atoms with Gasteiger partial charge in [0.25, 0.3) is 0 Å². The second-order valence-electron chi connectivity index (χ2n) is 5.53. The molecule has 1 fully saturated rings. The van der Waals surface area contributed by atoms with E-state index in [1.807, 2.05) is 0 Å². The molecule has 2 rings (SSSR count). The standard InChI is InChI=1S/C14H20O3S/c1-13(15)10-6-7-11-14(13,2)18(16,17)12-8-4-3-5-9-12/h3-5,8-9,15H,6-7,10-11H2,1-2H3/t13-,14-/m1/s1. The topological polar surface area (TPSA) is 54.4 Å². The van der Waals surface area contributed by atoms with Crippen molar-refractivity contribution in [3.05, 3.63) is 30.3 Å². The SMILES string of the molecule is C[C@@]1(O)CCCC[C@@]1(C)S(=O)(=O)c1ccccc1. The highest BCUT2D eigenvalue weighted by Crippen LogP contribution is 2.45. The first-order valence-corrected chi connectivity index (χ1v) is 7.82. The number of benzene rings is 1. The Morgan fingerprint density at radius 1 is 1.06 bits per heavy atom. The van der Waals surface area contributed by atoms with Gasteiger partial charge in [0.1, 0.15) is 4.75 Å². The quantitative estimate of drug-likeness (QED) is 0.896. The summed E-state index contributed by atoms with van der Waals surface area (Å²) in [6, 6.07) is 8.43. The molecule has 18 heavy (non-hydrogen) atoms. The van der Waals surface area contributed by atoms with Crippen LogP contribution in [0.2, 0.25) is 0 Å². The van der Waals surface area contributed by atoms with E-state index < -0.39 is 20.2 Å². The number of hydrogen-bond donors (Lipinski definition) is 1. The minimum Gasteiger partial charge on any atom is -0.389 e. The molecule has 1 aliphatic rings. The smallest absolute Gasteiger partial charge is 0.186 e. The van der Waals surface area contributed by atoms with Gasteiger partial charge in [0.05, 0.1) is 10.5 Å². The first kappa shape index (κ1) is 13.6. The lowest BCUT2D eigenvalue weighted by Gasteiger charge is -2.45. The van der Waals surface area contributed by atoms with Crippen LogP contribution >= 0.6 is 0 Å². The summed E-state index contributed by atoms with van der Waals surface area (Å²) in [6.45, 7) is 3.32. The molecule has 1 aromatic carbocycles. The molecule has 1 aromatic rings. The van der Waals surface area contributed by atoms with Crippen molar-refractivity contribution < 1.29 is 13.5 Å². The van der Waals surface area contributed by atoms with E-state index in [9.17, 15) is 13.5 Å². The Labute approximate surface area is 109 Å². The monoisotopic (exact) mass is 268 g/mol. The number of sulfone groups is 1. The fraction of sp³-hybridized carbons (Fsp3) is 0.571. The molecule has 3 nitrogen and oxygen atoms in total. The Morgan fingerprint density at radius 2 is 1.61 bits per heavy atom. The van der Waals surface area contributed by atoms with E-state index >= 15 is 0 Å². The van der Waals surface area contributed by atoms with Crippen LogP contribution in [-0.2, 0) is 9.84 Å². The molecule has 0 aromatic heterocycles. The van der Waals surface area contributed by atoms with Crippen molar-refractivity contribution in [1.29, 1.82) is 0 Å². The molecular formula is C14H20O3S. The van der Waals surface area contributed by atoms with Crippen LogP contribution in [0.1, 0.15) is 39.5 Å². The second-order valence-corrected chi connectivity index (χ2v) is 7.91. The molecule has 0 heterocycles. The van der Waals surface area contributed by atoms with Crippen LogP contribution < -0.4 is 0 Å². The molecule has 1 N–H and O–H groups in total. The Hall–Kier alpha value is -0.870. The van der Waals surface area contributed by atoms with Gasteiger partial charge >= 0.3 is 0 Å². The van der Waals surface area contributed by atoms with Crippen LogP contribution in [0.4, 0.5) is 0 Å². The van der Waals surface area contributed by atoms with Gasteiger partial charge in [-0.15, -0.1) is 0 Å². The normalized spacial score (nSPS) is 33.3. The zero-order chi connectivity index (χ0) is 13.4. The van der Waals surface area contributed by atoms with Gasteiger partial charge in [-0.2, -0.15) is 0 Å². The Balaban J connectivity index is 2.53. The number of aliphatic hydroxyl groups is 1. The number of hydrogen-bond acceptors (Lipinski definition) is 3. The van der Waals surface area contributed by atoms with Crippen LogP contribution in [-0.4, -0.2) is 23.9 Å². The summed E-state index contributed by atoms with van der Waals surface area (Å²) in [4.78, 5) is 0.301. The van der Waals surface area contributed by atoms with Gasteiger partial charge < -0.3 is 5.11 Å². The van der Waals surface area contributed by atoms with E-state index in [-0.39, 0.29) is 0 Å². The van der Waals surface area contributed by atoms with Gasteiger partial charge in [-0.05, 0) is 38.8 Å². The van der Waals surface area contributed by atoms with Crippen molar-refractivity contribution in [2.75, 3.05) is 0 Å². The highest BCUT2D eigenvalue weighted by atomic mass is 32.2. The van der Waals surface area contributed by atoms with Gasteiger partial charge in [-0.1, -0.05) is 31.0 Å². The third kappa shape index (κ3) is 1.88. The van der Waals surface area contributed by atoms with Crippen molar-refractivity contribution >= 4 is 9.84 Å². The average molecular weight is 268 g/mol. The van der Waals surface area contributed by atoms with Crippen molar-refractivity contribution in [2.45, 2.75) is 54.8 Å². The molecule has 0 spiro atoms. The van der Waals surface area contributed by atoms with Gasteiger partial charge in [-0.3, -0.25) is 0 Å². The van der Waals surface area contributed by atoms with Crippen LogP contribution in [0.3, 0.4) is 0 Å². The predicted molar refractivity (Wildman–Crippen MR) is 71.1 cm³/mol. The number of rotatable bonds is 2. The lowest BCUT2D eigenvalue weighted by atomic mass is 9.77. The molecule has 1 saturated carbocycles. The van der Waals surface area contributed by atoms with E-state index in [0.29, 0.717) is 17.7 Å². The molecule has 2 atom stereocenters. The molecular weight excluding hydrogens is 248 g/mol. The lowest BCUT2D eigenvalue weighted by molar-refractivity contribution is -0.00986. The molecule has 0 radical (unpaired) electrons. The average Bonchev–Trinajstić information content (AvgIpc) is 2.34. The minimum absolute atomic E-state index is 0.301. The van der Waals surface area contributed by atoms with Crippen molar-refractivity contribution in [1.82, 2.24) is 0 Å². The van der Waals surface area contributed by atoms with Gasteiger partial charge in [0.2, 0.25) is 0 Å². The van der Waals surface area contributed by atoms with Crippen molar-refractivity contribution in [3.63, 3.8) is 0 Å². The molecule has 0 saturated heterocycles. The Morgan fingerprint density at radius 3 is 2.17 bits per heavy atom. The fourth-order valence-corrected chi connectivity index (χ4v) is 4.88. The fourth-order valence-electron chi connectivity index (χ4n) is 2.75. The summed E-state index contributed by atoms with van der Waals surface area (Å²) in [5.74, 6) is 0. The van der Waals surface area contributed by atoms with E-state index in [4.69, 9.17) is 0 Å². The maximum absolute atomic E-state index is 12.8. The van der Waals surface area contributed by atoms with Crippen LogP contribution in [0.5, 0.6) is 0 Å². The zero-order valence-corrected chi connectivity index (χ0v) is 11.7. The predicted octanol–water partition coefficient (Wildman–Crippen LogP) is 2.54. The highest BCUT2D eigenvalue weighted by molar-refractivity contribution is 7.93. The van der Waals surface area contributed by atoms with Gasteiger partial charge in [0, 0.05) is 0 Å². The Bertz CT molecular complexity index is 519. The summed E-state index contributed by atoms with van der Waals surface area (Å²) >= 11 is 0. The van der Waals surface area contributed by atoms with E-state index in [2.05, 4.69) is 0 Å². The third-order valence-corrected chi connectivity index (χ3v) is 7.08. The molecule has 0 amide bonds. The van der Waals surface area contributed by atoms with E-state index in [0.717, 1.165) is 12.8 Å². The lowest BCUT2D eigenvalue weighted by Crippen LogP contribution is -2.57. The summed E-state index contributed by atoms with van der Waals surface area (Å²) in [6.07, 6.45) is 2.78. The molecule has 0 bridgehead atoms. The van der Waals surface area contributed by atoms with Crippen LogP contribution in [0.25, 0.3) is 0 Å². The first-order chi connectivity index (χ1) is 8.31. The van der Waals surface area contributed by atoms with E-state index in [1.165, 1.54) is 0 Å². The van der Waals surface area contributed by atoms with Crippen LogP contribution in [0.15, 0.2) is 35.2 Å². The second kappa shape index (κ2) is 4.35. The Kier molecular flexibility index (Phi) is 3.28. The van der Waals surface area contributed by atoms with Crippen molar-refractivity contribution in [2.24, 2.45) is 0 Å². The summed E-state index contributed by atoms with van der Waals surface area (Å²) in [5, 5.41) is 10.5. The minimum atomic E-state index is -3.52. The van der Waals surface area contributed by atoms with Gasteiger partial charge in [-0.25, -0.2) is 8.42 Å². The maximum Gasteiger partial charge on any atom is 0.186 e. The molecule has 0 unspecified atom stereocenters. The molecule has 100 valence electrons. The summed E-state index contributed by atoms with van der Waals surface area (Å²) in [5.41, 5.74) is -1.17. The third-order valence-electron chi connectivity index (χ3n) is 4.35. The molecule has 1 aliphatic carbocycles.